The monoisotopic (exact) mass is 365 g/mol. The fraction of sp³-hybridized carbons (Fsp3) is 0.350. The highest BCUT2D eigenvalue weighted by atomic mass is 19.1. The minimum Gasteiger partial charge on any atom is -0.478 e. The van der Waals surface area contributed by atoms with Crippen molar-refractivity contribution in [3.63, 3.8) is 0 Å². The smallest absolute Gasteiger partial charge is 0.333 e. The Labute approximate surface area is 154 Å². The van der Waals surface area contributed by atoms with Crippen LogP contribution in [-0.2, 0) is 14.4 Å². The molecule has 0 atom stereocenters. The van der Waals surface area contributed by atoms with Gasteiger partial charge in [-0.2, -0.15) is 0 Å². The van der Waals surface area contributed by atoms with E-state index in [0.717, 1.165) is 11.3 Å². The summed E-state index contributed by atoms with van der Waals surface area (Å²) in [6, 6.07) is 5.85. The fourth-order valence-corrected chi connectivity index (χ4v) is 2.07. The van der Waals surface area contributed by atoms with Crippen LogP contribution < -0.4 is 5.32 Å². The van der Waals surface area contributed by atoms with E-state index in [2.05, 4.69) is 19.2 Å². The Morgan fingerprint density at radius 1 is 1.08 bits per heavy atom. The summed E-state index contributed by atoms with van der Waals surface area (Å²) < 4.78 is 13.0. The highest BCUT2D eigenvalue weighted by Gasteiger charge is 2.20. The summed E-state index contributed by atoms with van der Waals surface area (Å²) in [6.07, 6.45) is 2.43. The maximum Gasteiger partial charge on any atom is 0.333 e. The van der Waals surface area contributed by atoms with Crippen LogP contribution in [0.4, 0.5) is 4.39 Å². The van der Waals surface area contributed by atoms with Crippen molar-refractivity contribution >= 4 is 25.2 Å². The number of carboxylic acids is 1. The molecule has 0 fully saturated rings. The molecular formula is C20H28FNO4. The normalized spacial score (nSPS) is 12.8. The molecule has 6 heteroatoms. The Kier molecular flexibility index (Phi) is 14.3. The number of hydrogen-bond donors (Lipinski definition) is 2. The number of nitrogens with one attached hydrogen (secondary N) is 1. The molecule has 0 aliphatic carbocycles. The highest BCUT2D eigenvalue weighted by Crippen LogP contribution is 2.27. The number of aliphatic carboxylic acids is 1. The Morgan fingerprint density at radius 2 is 1.54 bits per heavy atom. The fourth-order valence-electron chi connectivity index (χ4n) is 2.07. The molecule has 1 aromatic rings. The SMILES string of the molecule is C=O.C=O.CC1=C(C)NC(c2ccc(F)cc2)=C(C(=O)O)CC1.CCC. The van der Waals surface area contributed by atoms with Crippen molar-refractivity contribution in [3.8, 4) is 0 Å². The van der Waals surface area contributed by atoms with Gasteiger partial charge in [-0.1, -0.05) is 25.8 Å². The van der Waals surface area contributed by atoms with Crippen molar-refractivity contribution in [3.05, 3.63) is 52.5 Å². The van der Waals surface area contributed by atoms with Crippen molar-refractivity contribution in [2.75, 3.05) is 0 Å². The first kappa shape index (κ1) is 25.5. The van der Waals surface area contributed by atoms with E-state index in [-0.39, 0.29) is 5.82 Å². The van der Waals surface area contributed by atoms with E-state index in [1.54, 1.807) is 12.1 Å². The molecule has 0 radical (unpaired) electrons. The van der Waals surface area contributed by atoms with Crippen LogP contribution in [0.5, 0.6) is 0 Å². The lowest BCUT2D eigenvalue weighted by molar-refractivity contribution is -0.132. The Morgan fingerprint density at radius 3 is 1.96 bits per heavy atom. The summed E-state index contributed by atoms with van der Waals surface area (Å²) in [6.45, 7) is 12.2. The van der Waals surface area contributed by atoms with Crippen LogP contribution in [0.1, 0.15) is 52.5 Å². The van der Waals surface area contributed by atoms with Gasteiger partial charge in [0.25, 0.3) is 0 Å². The molecule has 2 rings (SSSR count). The van der Waals surface area contributed by atoms with Crippen LogP contribution >= 0.6 is 0 Å². The molecule has 0 bridgehead atoms. The van der Waals surface area contributed by atoms with E-state index in [0.29, 0.717) is 29.7 Å². The second-order valence-corrected chi connectivity index (χ2v) is 5.40. The number of rotatable bonds is 2. The quantitative estimate of drug-likeness (QED) is 0.814. The zero-order chi connectivity index (χ0) is 20.7. The van der Waals surface area contributed by atoms with Gasteiger partial charge in [0.2, 0.25) is 0 Å². The summed E-state index contributed by atoms with van der Waals surface area (Å²) in [5.74, 6) is -1.27. The number of allylic oxidation sites excluding steroid dienone is 2. The zero-order valence-corrected chi connectivity index (χ0v) is 15.9. The summed E-state index contributed by atoms with van der Waals surface area (Å²) in [7, 11) is 0. The van der Waals surface area contributed by atoms with Gasteiger partial charge in [-0.3, -0.25) is 0 Å². The number of benzene rings is 1. The summed E-state index contributed by atoms with van der Waals surface area (Å²) in [5.41, 5.74) is 3.67. The minimum absolute atomic E-state index is 0.335. The molecule has 5 nitrogen and oxygen atoms in total. The number of carbonyl (C=O) groups is 3. The third-order valence-electron chi connectivity index (χ3n) is 3.40. The van der Waals surface area contributed by atoms with E-state index in [1.165, 1.54) is 18.6 Å². The molecule has 0 saturated heterocycles. The topological polar surface area (TPSA) is 83.5 Å². The van der Waals surface area contributed by atoms with Crippen LogP contribution in [0.25, 0.3) is 5.70 Å². The van der Waals surface area contributed by atoms with Crippen molar-refractivity contribution in [2.45, 2.75) is 47.0 Å². The number of carbonyl (C=O) groups excluding carboxylic acids is 2. The van der Waals surface area contributed by atoms with Gasteiger partial charge in [-0.25, -0.2) is 9.18 Å². The molecule has 0 aromatic heterocycles. The van der Waals surface area contributed by atoms with Crippen LogP contribution in [0.2, 0.25) is 0 Å². The molecule has 26 heavy (non-hydrogen) atoms. The second-order valence-electron chi connectivity index (χ2n) is 5.40. The molecule has 1 heterocycles. The maximum absolute atomic E-state index is 13.0. The van der Waals surface area contributed by atoms with Crippen molar-refractivity contribution in [1.29, 1.82) is 0 Å². The first-order valence-electron chi connectivity index (χ1n) is 8.14. The van der Waals surface area contributed by atoms with Crippen LogP contribution in [0, 0.1) is 5.82 Å². The van der Waals surface area contributed by atoms with Crippen LogP contribution in [0.3, 0.4) is 0 Å². The van der Waals surface area contributed by atoms with Crippen LogP contribution in [0.15, 0.2) is 41.1 Å². The Bertz CT molecular complexity index is 619. The van der Waals surface area contributed by atoms with Gasteiger partial charge >= 0.3 is 5.97 Å². The Balaban J connectivity index is 0. The highest BCUT2D eigenvalue weighted by molar-refractivity contribution is 5.96. The van der Waals surface area contributed by atoms with Crippen LogP contribution in [-0.4, -0.2) is 24.7 Å². The van der Waals surface area contributed by atoms with Gasteiger partial charge in [-0.15, -0.1) is 0 Å². The molecule has 0 unspecified atom stereocenters. The predicted octanol–water partition coefficient (Wildman–Crippen LogP) is 4.35. The maximum atomic E-state index is 13.0. The molecule has 0 spiro atoms. The molecule has 1 aliphatic heterocycles. The number of hydrogen-bond acceptors (Lipinski definition) is 4. The van der Waals surface area contributed by atoms with E-state index < -0.39 is 5.97 Å². The third kappa shape index (κ3) is 8.37. The molecule has 144 valence electrons. The van der Waals surface area contributed by atoms with E-state index in [9.17, 15) is 14.3 Å². The molecule has 0 saturated carbocycles. The average Bonchev–Trinajstić information content (AvgIpc) is 2.79. The third-order valence-corrected chi connectivity index (χ3v) is 3.40. The largest absolute Gasteiger partial charge is 0.478 e. The first-order valence-corrected chi connectivity index (χ1v) is 8.14. The van der Waals surface area contributed by atoms with E-state index >= 15 is 0 Å². The van der Waals surface area contributed by atoms with Gasteiger partial charge in [-0.05, 0) is 56.5 Å². The van der Waals surface area contributed by atoms with Gasteiger partial charge in [0.05, 0.1) is 11.3 Å². The molecule has 1 aromatic carbocycles. The number of halogens is 1. The van der Waals surface area contributed by atoms with Gasteiger partial charge in [0.1, 0.15) is 19.4 Å². The standard InChI is InChI=1S/C15H16FNO2.C3H8.2CH2O/c1-9-3-8-13(15(18)19)14(17-10(9)2)11-4-6-12(16)7-5-11;1-3-2;2*1-2/h4-7,17H,3,8H2,1-2H3,(H,18,19);3H2,1-2H3;2*1H2. The van der Waals surface area contributed by atoms with Gasteiger partial charge in [0.15, 0.2) is 0 Å². The summed E-state index contributed by atoms with van der Waals surface area (Å²) >= 11 is 0. The minimum atomic E-state index is -0.936. The number of carboxylic acid groups (broad SMARTS) is 1. The molecule has 0 amide bonds. The van der Waals surface area contributed by atoms with Gasteiger partial charge < -0.3 is 20.0 Å². The summed E-state index contributed by atoms with van der Waals surface area (Å²) in [5, 5.41) is 12.5. The van der Waals surface area contributed by atoms with Gasteiger partial charge in [0, 0.05) is 5.70 Å². The van der Waals surface area contributed by atoms with Crippen molar-refractivity contribution in [1.82, 2.24) is 5.32 Å². The van der Waals surface area contributed by atoms with E-state index in [1.807, 2.05) is 27.4 Å². The molecular weight excluding hydrogens is 337 g/mol. The average molecular weight is 365 g/mol. The zero-order valence-electron chi connectivity index (χ0n) is 15.9. The summed E-state index contributed by atoms with van der Waals surface area (Å²) in [4.78, 5) is 27.4. The van der Waals surface area contributed by atoms with Crippen molar-refractivity contribution < 1.29 is 23.9 Å². The second kappa shape index (κ2) is 14.6. The van der Waals surface area contributed by atoms with Crippen molar-refractivity contribution in [2.24, 2.45) is 0 Å². The first-order chi connectivity index (χ1) is 12.4. The predicted molar refractivity (Wildman–Crippen MR) is 102 cm³/mol. The molecule has 2 N–H and O–H groups in total. The molecule has 1 aliphatic rings. The Hall–Kier alpha value is -2.76. The lowest BCUT2D eigenvalue weighted by atomic mass is 10.0. The van der Waals surface area contributed by atoms with E-state index in [4.69, 9.17) is 9.59 Å². The lowest BCUT2D eigenvalue weighted by Gasteiger charge is -2.13. The lowest BCUT2D eigenvalue weighted by Crippen LogP contribution is -2.14.